The first-order valence-corrected chi connectivity index (χ1v) is 6.27. The van der Waals surface area contributed by atoms with Crippen molar-refractivity contribution in [2.75, 3.05) is 32.1 Å². The van der Waals surface area contributed by atoms with Crippen LogP contribution in [0, 0.1) is 5.92 Å². The monoisotopic (exact) mass is 235 g/mol. The SMILES string of the molecule is CNc1ccc(CN2CCCC(CO)C2)cn1. The van der Waals surface area contributed by atoms with E-state index in [0.717, 1.165) is 31.9 Å². The molecule has 1 aliphatic rings. The van der Waals surface area contributed by atoms with E-state index in [0.29, 0.717) is 12.5 Å². The summed E-state index contributed by atoms with van der Waals surface area (Å²) >= 11 is 0. The maximum atomic E-state index is 9.20. The number of hydrogen-bond acceptors (Lipinski definition) is 4. The highest BCUT2D eigenvalue weighted by molar-refractivity contribution is 5.34. The van der Waals surface area contributed by atoms with Crippen LogP contribution >= 0.6 is 0 Å². The molecule has 1 aliphatic heterocycles. The van der Waals surface area contributed by atoms with E-state index < -0.39 is 0 Å². The van der Waals surface area contributed by atoms with E-state index in [1.807, 2.05) is 19.3 Å². The van der Waals surface area contributed by atoms with Crippen molar-refractivity contribution >= 4 is 5.82 Å². The molecular formula is C13H21N3O. The van der Waals surface area contributed by atoms with Gasteiger partial charge in [0.15, 0.2) is 0 Å². The minimum Gasteiger partial charge on any atom is -0.396 e. The van der Waals surface area contributed by atoms with Gasteiger partial charge in [0, 0.05) is 32.9 Å². The maximum Gasteiger partial charge on any atom is 0.125 e. The van der Waals surface area contributed by atoms with Gasteiger partial charge < -0.3 is 10.4 Å². The summed E-state index contributed by atoms with van der Waals surface area (Å²) in [7, 11) is 1.87. The molecule has 17 heavy (non-hydrogen) atoms. The smallest absolute Gasteiger partial charge is 0.125 e. The van der Waals surface area contributed by atoms with Crippen molar-refractivity contribution in [3.05, 3.63) is 23.9 Å². The first-order valence-electron chi connectivity index (χ1n) is 6.27. The summed E-state index contributed by atoms with van der Waals surface area (Å²) in [6, 6.07) is 4.12. The molecule has 0 aromatic carbocycles. The number of nitrogens with zero attached hydrogens (tertiary/aromatic N) is 2. The van der Waals surface area contributed by atoms with Crippen molar-refractivity contribution in [2.45, 2.75) is 19.4 Å². The van der Waals surface area contributed by atoms with Crippen LogP contribution in [0.25, 0.3) is 0 Å². The van der Waals surface area contributed by atoms with Gasteiger partial charge in [-0.2, -0.15) is 0 Å². The van der Waals surface area contributed by atoms with Gasteiger partial charge in [0.2, 0.25) is 0 Å². The number of aromatic nitrogens is 1. The lowest BCUT2D eigenvalue weighted by Crippen LogP contribution is -2.36. The van der Waals surface area contributed by atoms with E-state index in [2.05, 4.69) is 21.3 Å². The second kappa shape index (κ2) is 5.98. The van der Waals surface area contributed by atoms with Crippen LogP contribution in [0.1, 0.15) is 18.4 Å². The average molecular weight is 235 g/mol. The Kier molecular flexibility index (Phi) is 4.34. The lowest BCUT2D eigenvalue weighted by molar-refractivity contribution is 0.116. The third-order valence-corrected chi connectivity index (χ3v) is 3.35. The molecule has 1 atom stereocenters. The standard InChI is InChI=1S/C13H21N3O/c1-14-13-5-4-11(7-15-13)8-16-6-2-3-12(9-16)10-17/h4-5,7,12,17H,2-3,6,8-10H2,1H3,(H,14,15). The van der Waals surface area contributed by atoms with Gasteiger partial charge in [-0.1, -0.05) is 6.07 Å². The Morgan fingerprint density at radius 3 is 3.06 bits per heavy atom. The zero-order valence-corrected chi connectivity index (χ0v) is 10.4. The highest BCUT2D eigenvalue weighted by Gasteiger charge is 2.18. The lowest BCUT2D eigenvalue weighted by atomic mass is 9.99. The van der Waals surface area contributed by atoms with E-state index >= 15 is 0 Å². The Bertz CT molecular complexity index is 339. The molecule has 94 valence electrons. The number of likely N-dealkylation sites (tertiary alicyclic amines) is 1. The summed E-state index contributed by atoms with van der Waals surface area (Å²) in [6.07, 6.45) is 4.27. The van der Waals surface area contributed by atoms with Gasteiger partial charge >= 0.3 is 0 Å². The minimum atomic E-state index is 0.313. The van der Waals surface area contributed by atoms with Crippen molar-refractivity contribution in [2.24, 2.45) is 5.92 Å². The Hall–Kier alpha value is -1.13. The van der Waals surface area contributed by atoms with Gasteiger partial charge in [0.25, 0.3) is 0 Å². The Morgan fingerprint density at radius 1 is 1.53 bits per heavy atom. The second-order valence-corrected chi connectivity index (χ2v) is 4.73. The zero-order valence-electron chi connectivity index (χ0n) is 10.4. The van der Waals surface area contributed by atoms with Crippen molar-refractivity contribution in [3.63, 3.8) is 0 Å². The first kappa shape index (κ1) is 12.3. The van der Waals surface area contributed by atoms with Crippen LogP contribution in [0.15, 0.2) is 18.3 Å². The summed E-state index contributed by atoms with van der Waals surface area (Å²) in [4.78, 5) is 6.72. The van der Waals surface area contributed by atoms with E-state index in [-0.39, 0.29) is 0 Å². The normalized spacial score (nSPS) is 21.4. The number of aliphatic hydroxyl groups is 1. The molecular weight excluding hydrogens is 214 g/mol. The van der Waals surface area contributed by atoms with E-state index in [9.17, 15) is 5.11 Å². The van der Waals surface area contributed by atoms with Crippen LogP contribution in [0.4, 0.5) is 5.82 Å². The molecule has 1 fully saturated rings. The van der Waals surface area contributed by atoms with E-state index in [4.69, 9.17) is 0 Å². The molecule has 2 rings (SSSR count). The molecule has 0 spiro atoms. The predicted molar refractivity (Wildman–Crippen MR) is 68.9 cm³/mol. The average Bonchev–Trinajstić information content (AvgIpc) is 2.40. The Labute approximate surface area is 103 Å². The molecule has 1 aromatic heterocycles. The molecule has 1 saturated heterocycles. The highest BCUT2D eigenvalue weighted by Crippen LogP contribution is 2.18. The van der Waals surface area contributed by atoms with Crippen LogP contribution < -0.4 is 5.32 Å². The van der Waals surface area contributed by atoms with E-state index in [1.54, 1.807) is 0 Å². The fraction of sp³-hybridized carbons (Fsp3) is 0.615. The minimum absolute atomic E-state index is 0.313. The van der Waals surface area contributed by atoms with Crippen molar-refractivity contribution < 1.29 is 5.11 Å². The predicted octanol–water partition coefficient (Wildman–Crippen LogP) is 1.33. The van der Waals surface area contributed by atoms with Gasteiger partial charge in [-0.25, -0.2) is 4.98 Å². The number of hydrogen-bond donors (Lipinski definition) is 2. The van der Waals surface area contributed by atoms with Gasteiger partial charge in [0.1, 0.15) is 5.82 Å². The van der Waals surface area contributed by atoms with E-state index in [1.165, 1.54) is 12.0 Å². The maximum absolute atomic E-state index is 9.20. The van der Waals surface area contributed by atoms with Crippen LogP contribution in [-0.4, -0.2) is 41.7 Å². The van der Waals surface area contributed by atoms with Crippen molar-refractivity contribution in [3.8, 4) is 0 Å². The Morgan fingerprint density at radius 2 is 2.41 bits per heavy atom. The molecule has 0 bridgehead atoms. The van der Waals surface area contributed by atoms with Crippen LogP contribution in [0.3, 0.4) is 0 Å². The molecule has 0 radical (unpaired) electrons. The van der Waals surface area contributed by atoms with Gasteiger partial charge in [-0.3, -0.25) is 4.90 Å². The number of aliphatic hydroxyl groups excluding tert-OH is 1. The molecule has 0 saturated carbocycles. The summed E-state index contributed by atoms with van der Waals surface area (Å²) in [5, 5.41) is 12.2. The number of anilines is 1. The van der Waals surface area contributed by atoms with Gasteiger partial charge in [0.05, 0.1) is 0 Å². The largest absolute Gasteiger partial charge is 0.396 e. The third-order valence-electron chi connectivity index (χ3n) is 3.35. The zero-order chi connectivity index (χ0) is 12.1. The summed E-state index contributed by atoms with van der Waals surface area (Å²) in [5.74, 6) is 1.36. The summed E-state index contributed by atoms with van der Waals surface area (Å²) in [5.41, 5.74) is 1.24. The van der Waals surface area contributed by atoms with Gasteiger partial charge in [-0.05, 0) is 36.9 Å². The Balaban J connectivity index is 1.90. The topological polar surface area (TPSA) is 48.4 Å². The first-order chi connectivity index (χ1) is 8.31. The highest BCUT2D eigenvalue weighted by atomic mass is 16.3. The number of pyridine rings is 1. The van der Waals surface area contributed by atoms with Crippen LogP contribution in [0.5, 0.6) is 0 Å². The lowest BCUT2D eigenvalue weighted by Gasteiger charge is -2.31. The van der Waals surface area contributed by atoms with Crippen LogP contribution in [-0.2, 0) is 6.54 Å². The molecule has 2 N–H and O–H groups in total. The molecule has 1 unspecified atom stereocenters. The summed E-state index contributed by atoms with van der Waals surface area (Å²) in [6.45, 7) is 3.38. The second-order valence-electron chi connectivity index (χ2n) is 4.73. The number of rotatable bonds is 4. The fourth-order valence-corrected chi connectivity index (χ4v) is 2.37. The third kappa shape index (κ3) is 3.41. The van der Waals surface area contributed by atoms with Crippen LogP contribution in [0.2, 0.25) is 0 Å². The fourth-order valence-electron chi connectivity index (χ4n) is 2.37. The van der Waals surface area contributed by atoms with Crippen molar-refractivity contribution in [1.29, 1.82) is 0 Å². The van der Waals surface area contributed by atoms with Crippen molar-refractivity contribution in [1.82, 2.24) is 9.88 Å². The number of nitrogens with one attached hydrogen (secondary N) is 1. The molecule has 4 heteroatoms. The summed E-state index contributed by atoms with van der Waals surface area (Å²) < 4.78 is 0. The van der Waals surface area contributed by atoms with Gasteiger partial charge in [-0.15, -0.1) is 0 Å². The quantitative estimate of drug-likeness (QED) is 0.826. The molecule has 2 heterocycles. The molecule has 0 aliphatic carbocycles. The number of piperidine rings is 1. The molecule has 4 nitrogen and oxygen atoms in total. The molecule has 0 amide bonds. The molecule has 1 aromatic rings.